The van der Waals surface area contributed by atoms with Gasteiger partial charge in [0.2, 0.25) is 11.8 Å². The number of carbonyl (C=O) groups excluding carboxylic acids is 2. The number of allylic oxidation sites excluding steroid dienone is 1. The molecule has 2 N–H and O–H groups in total. The van der Waals surface area contributed by atoms with Gasteiger partial charge < -0.3 is 10.2 Å². The Morgan fingerprint density at radius 1 is 1.39 bits per heavy atom. The van der Waals surface area contributed by atoms with Gasteiger partial charge in [0, 0.05) is 25.2 Å². The van der Waals surface area contributed by atoms with E-state index < -0.39 is 5.92 Å². The number of rotatable bonds is 6. The number of aromatic nitrogens is 4. The lowest BCUT2D eigenvalue weighted by atomic mass is 10.1. The van der Waals surface area contributed by atoms with Gasteiger partial charge in [-0.25, -0.2) is 4.98 Å². The summed E-state index contributed by atoms with van der Waals surface area (Å²) in [7, 11) is 0. The first kappa shape index (κ1) is 21.7. The fraction of sp³-hybridized carbons (Fsp3) is 0.348. The van der Waals surface area contributed by atoms with Crippen LogP contribution in [-0.2, 0) is 29.0 Å². The van der Waals surface area contributed by atoms with E-state index in [0.29, 0.717) is 28.8 Å². The fourth-order valence-electron chi connectivity index (χ4n) is 4.51. The minimum atomic E-state index is -0.422. The molecule has 0 bridgehead atoms. The Morgan fingerprint density at radius 3 is 3.03 bits per heavy atom. The summed E-state index contributed by atoms with van der Waals surface area (Å²) in [5.74, 6) is 0.0179. The number of fused-ring (bicyclic) bond motifs is 1. The van der Waals surface area contributed by atoms with Gasteiger partial charge in [-0.1, -0.05) is 23.5 Å². The van der Waals surface area contributed by atoms with Crippen molar-refractivity contribution in [3.05, 3.63) is 52.4 Å². The molecule has 3 aromatic rings. The first-order valence-corrected chi connectivity index (χ1v) is 12.1. The smallest absolute Gasteiger partial charge is 0.231 e. The van der Waals surface area contributed by atoms with Crippen LogP contribution in [0.25, 0.3) is 10.7 Å². The molecule has 2 aromatic heterocycles. The summed E-state index contributed by atoms with van der Waals surface area (Å²) in [6.45, 7) is 6.53. The highest BCUT2D eigenvalue weighted by atomic mass is 32.1. The SMILES string of the molecule is C=CCn1c(-c2sc(NC(=O)[C@@H]3CC(=O)N(c4ccc5c(c4)CCC5)C3)nc2C)n[nH]c1=S. The van der Waals surface area contributed by atoms with E-state index in [4.69, 9.17) is 12.2 Å². The van der Waals surface area contributed by atoms with E-state index in [1.807, 2.05) is 17.6 Å². The summed E-state index contributed by atoms with van der Waals surface area (Å²) in [6.07, 6.45) is 5.25. The number of benzene rings is 1. The highest BCUT2D eigenvalue weighted by molar-refractivity contribution is 7.71. The molecule has 2 aliphatic rings. The number of H-pyrrole nitrogens is 1. The molecule has 1 atom stereocenters. The number of amides is 2. The van der Waals surface area contributed by atoms with Crippen molar-refractivity contribution in [2.45, 2.75) is 39.2 Å². The van der Waals surface area contributed by atoms with E-state index in [-0.39, 0.29) is 18.2 Å². The van der Waals surface area contributed by atoms with Crippen molar-refractivity contribution >= 4 is 46.2 Å². The van der Waals surface area contributed by atoms with E-state index >= 15 is 0 Å². The van der Waals surface area contributed by atoms with Gasteiger partial charge >= 0.3 is 0 Å². The van der Waals surface area contributed by atoms with Gasteiger partial charge in [0.1, 0.15) is 0 Å². The molecule has 5 rings (SSSR count). The third kappa shape index (κ3) is 4.04. The Kier molecular flexibility index (Phi) is 5.71. The van der Waals surface area contributed by atoms with E-state index in [1.54, 1.807) is 11.0 Å². The highest BCUT2D eigenvalue weighted by Crippen LogP contribution is 2.34. The van der Waals surface area contributed by atoms with Crippen LogP contribution in [0, 0.1) is 17.6 Å². The molecule has 8 nitrogen and oxygen atoms in total. The number of hydrogen-bond acceptors (Lipinski definition) is 6. The lowest BCUT2D eigenvalue weighted by molar-refractivity contribution is -0.122. The van der Waals surface area contributed by atoms with Crippen LogP contribution < -0.4 is 10.2 Å². The van der Waals surface area contributed by atoms with Crippen LogP contribution in [0.1, 0.15) is 29.7 Å². The van der Waals surface area contributed by atoms with Crippen LogP contribution in [0.15, 0.2) is 30.9 Å². The Hall–Kier alpha value is -3.11. The van der Waals surface area contributed by atoms with E-state index in [0.717, 1.165) is 35.5 Å². The first-order chi connectivity index (χ1) is 15.9. The molecule has 0 unspecified atom stereocenters. The Morgan fingerprint density at radius 2 is 2.21 bits per heavy atom. The van der Waals surface area contributed by atoms with Crippen molar-refractivity contribution in [3.63, 3.8) is 0 Å². The number of nitrogens with zero attached hydrogens (tertiary/aromatic N) is 4. The third-order valence-corrected chi connectivity index (χ3v) is 7.57. The third-order valence-electron chi connectivity index (χ3n) is 6.19. The quantitative estimate of drug-likeness (QED) is 0.410. The number of nitrogens with one attached hydrogen (secondary N) is 2. The summed E-state index contributed by atoms with van der Waals surface area (Å²) < 4.78 is 2.33. The molecule has 1 saturated heterocycles. The summed E-state index contributed by atoms with van der Waals surface area (Å²) in [5.41, 5.74) is 4.31. The number of thiazole rings is 1. The molecule has 0 spiro atoms. The van der Waals surface area contributed by atoms with Crippen molar-refractivity contribution in [3.8, 4) is 10.7 Å². The summed E-state index contributed by atoms with van der Waals surface area (Å²) in [6, 6.07) is 6.21. The van der Waals surface area contributed by atoms with Crippen molar-refractivity contribution in [2.24, 2.45) is 5.92 Å². The van der Waals surface area contributed by atoms with Crippen LogP contribution in [-0.4, -0.2) is 38.1 Å². The zero-order valence-electron chi connectivity index (χ0n) is 18.3. The van der Waals surface area contributed by atoms with Gasteiger partial charge in [-0.3, -0.25) is 19.3 Å². The van der Waals surface area contributed by atoms with Crippen LogP contribution in [0.3, 0.4) is 0 Å². The second kappa shape index (κ2) is 8.68. The minimum absolute atomic E-state index is 0.0240. The van der Waals surface area contributed by atoms with Gasteiger partial charge in [0.25, 0.3) is 0 Å². The molecule has 0 radical (unpaired) electrons. The Balaban J connectivity index is 1.31. The maximum absolute atomic E-state index is 13.0. The molecule has 0 saturated carbocycles. The van der Waals surface area contributed by atoms with E-state index in [2.05, 4.69) is 39.2 Å². The molecule has 170 valence electrons. The van der Waals surface area contributed by atoms with Crippen LogP contribution in [0.2, 0.25) is 0 Å². The largest absolute Gasteiger partial charge is 0.312 e. The number of aromatic amines is 1. The average molecular weight is 481 g/mol. The molecule has 1 fully saturated rings. The Bertz CT molecular complexity index is 1320. The zero-order chi connectivity index (χ0) is 23.1. The van der Waals surface area contributed by atoms with Crippen LogP contribution in [0.5, 0.6) is 0 Å². The minimum Gasteiger partial charge on any atom is -0.312 e. The summed E-state index contributed by atoms with van der Waals surface area (Å²) in [5, 5.41) is 10.5. The number of anilines is 2. The van der Waals surface area contributed by atoms with Crippen LogP contribution in [0.4, 0.5) is 10.8 Å². The van der Waals surface area contributed by atoms with Gasteiger partial charge in [-0.15, -0.1) is 6.58 Å². The maximum Gasteiger partial charge on any atom is 0.231 e. The molecule has 1 aromatic carbocycles. The number of aryl methyl sites for hydroxylation is 3. The lowest BCUT2D eigenvalue weighted by Gasteiger charge is -2.17. The molecule has 33 heavy (non-hydrogen) atoms. The fourth-order valence-corrected chi connectivity index (χ4v) is 5.69. The van der Waals surface area contributed by atoms with Crippen LogP contribution >= 0.6 is 23.6 Å². The summed E-state index contributed by atoms with van der Waals surface area (Å²) in [4.78, 5) is 32.7. The molecule has 2 amide bonds. The molecule has 10 heteroatoms. The Labute approximate surface area is 200 Å². The maximum atomic E-state index is 13.0. The predicted octanol–water partition coefficient (Wildman–Crippen LogP) is 4.04. The van der Waals surface area contributed by atoms with Crippen molar-refractivity contribution < 1.29 is 9.59 Å². The van der Waals surface area contributed by atoms with Crippen molar-refractivity contribution in [2.75, 3.05) is 16.8 Å². The predicted molar refractivity (Wildman–Crippen MR) is 131 cm³/mol. The number of carbonyl (C=O) groups is 2. The monoisotopic (exact) mass is 480 g/mol. The lowest BCUT2D eigenvalue weighted by Crippen LogP contribution is -2.28. The molecule has 1 aliphatic carbocycles. The second-order valence-electron chi connectivity index (χ2n) is 8.39. The highest BCUT2D eigenvalue weighted by Gasteiger charge is 2.36. The van der Waals surface area contributed by atoms with Gasteiger partial charge in [0.05, 0.1) is 16.5 Å². The van der Waals surface area contributed by atoms with Crippen molar-refractivity contribution in [1.29, 1.82) is 0 Å². The van der Waals surface area contributed by atoms with E-state index in [1.165, 1.54) is 22.5 Å². The average Bonchev–Trinajstić information content (AvgIpc) is 3.56. The zero-order valence-corrected chi connectivity index (χ0v) is 19.9. The van der Waals surface area contributed by atoms with Crippen molar-refractivity contribution in [1.82, 2.24) is 19.7 Å². The molecular weight excluding hydrogens is 456 g/mol. The summed E-state index contributed by atoms with van der Waals surface area (Å²) >= 11 is 6.63. The standard InChI is InChI=1S/C23H24N6O2S2/c1-3-9-28-20(26-27-23(28)32)19-13(2)24-22(33-19)25-21(31)16-11-18(30)29(12-16)17-8-7-14-5-4-6-15(14)10-17/h3,7-8,10,16H,1,4-6,9,11-12H2,2H3,(H,27,32)(H,24,25,31)/t16-/m1/s1. The second-order valence-corrected chi connectivity index (χ2v) is 9.77. The molecular formula is C23H24N6O2S2. The van der Waals surface area contributed by atoms with Gasteiger partial charge in [-0.05, 0) is 61.7 Å². The van der Waals surface area contributed by atoms with Gasteiger partial charge in [-0.2, -0.15) is 5.10 Å². The number of hydrogen-bond donors (Lipinski definition) is 2. The van der Waals surface area contributed by atoms with Gasteiger partial charge in [0.15, 0.2) is 15.7 Å². The first-order valence-electron chi connectivity index (χ1n) is 10.9. The van der Waals surface area contributed by atoms with E-state index in [9.17, 15) is 9.59 Å². The normalized spacial score (nSPS) is 17.4. The molecule has 3 heterocycles. The topological polar surface area (TPSA) is 95.9 Å². The molecule has 1 aliphatic heterocycles.